The van der Waals surface area contributed by atoms with Crippen LogP contribution >= 0.6 is 23.2 Å². The number of pyridine rings is 1. The van der Waals surface area contributed by atoms with Crippen molar-refractivity contribution < 1.29 is 14.3 Å². The molecule has 0 spiro atoms. The van der Waals surface area contributed by atoms with Crippen LogP contribution in [0.25, 0.3) is 0 Å². The molecule has 0 aliphatic heterocycles. The molecule has 5 nitrogen and oxygen atoms in total. The second-order valence-corrected chi connectivity index (χ2v) is 6.75. The second-order valence-electron chi connectivity index (χ2n) is 5.93. The summed E-state index contributed by atoms with van der Waals surface area (Å²) in [6.07, 6.45) is 5.18. The maximum absolute atomic E-state index is 12.8. The van der Waals surface area contributed by atoms with Gasteiger partial charge in [-0.15, -0.1) is 0 Å². The molecule has 25 heavy (non-hydrogen) atoms. The fraction of sp³-hybridized carbons (Fsp3) is 0.333. The van der Waals surface area contributed by atoms with Gasteiger partial charge in [-0.1, -0.05) is 23.2 Å². The van der Waals surface area contributed by atoms with Crippen molar-refractivity contribution in [3.63, 3.8) is 0 Å². The number of aromatic nitrogens is 1. The predicted molar refractivity (Wildman–Crippen MR) is 98.2 cm³/mol. The van der Waals surface area contributed by atoms with Crippen LogP contribution in [-0.4, -0.2) is 31.7 Å². The number of carbonyl (C=O) groups excluding carboxylic acids is 1. The van der Waals surface area contributed by atoms with Crippen LogP contribution in [0.4, 0.5) is 5.69 Å². The predicted octanol–water partition coefficient (Wildman–Crippen LogP) is 4.46. The van der Waals surface area contributed by atoms with Crippen LogP contribution in [0, 0.1) is 5.92 Å². The van der Waals surface area contributed by atoms with E-state index in [0.29, 0.717) is 29.7 Å². The Kier molecular flexibility index (Phi) is 5.35. The lowest BCUT2D eigenvalue weighted by atomic mass is 10.2. The van der Waals surface area contributed by atoms with Gasteiger partial charge >= 0.3 is 0 Å². The summed E-state index contributed by atoms with van der Waals surface area (Å²) in [6, 6.07) is 5.34. The number of anilines is 1. The Balaban J connectivity index is 1.86. The van der Waals surface area contributed by atoms with Crippen molar-refractivity contribution in [1.29, 1.82) is 0 Å². The molecule has 0 saturated heterocycles. The molecule has 1 amide bonds. The molecule has 1 fully saturated rings. The lowest BCUT2D eigenvalue weighted by molar-refractivity contribution is 0.0993. The van der Waals surface area contributed by atoms with Gasteiger partial charge in [0.25, 0.3) is 5.91 Å². The molecular weight excluding hydrogens is 363 g/mol. The van der Waals surface area contributed by atoms with Crippen molar-refractivity contribution in [2.24, 2.45) is 5.92 Å². The summed E-state index contributed by atoms with van der Waals surface area (Å²) >= 11 is 12.2. The average Bonchev–Trinajstić information content (AvgIpc) is 3.43. The first kappa shape index (κ1) is 17.8. The van der Waals surface area contributed by atoms with Gasteiger partial charge in [0.2, 0.25) is 0 Å². The van der Waals surface area contributed by atoms with Crippen molar-refractivity contribution in [2.45, 2.75) is 12.8 Å². The van der Waals surface area contributed by atoms with Crippen LogP contribution in [0.1, 0.15) is 23.2 Å². The monoisotopic (exact) mass is 380 g/mol. The Morgan fingerprint density at radius 2 is 1.92 bits per heavy atom. The molecule has 0 bridgehead atoms. The van der Waals surface area contributed by atoms with Crippen LogP contribution in [0.15, 0.2) is 30.6 Å². The largest absolute Gasteiger partial charge is 0.493 e. The van der Waals surface area contributed by atoms with Gasteiger partial charge in [0.1, 0.15) is 0 Å². The number of ether oxygens (including phenoxy) is 2. The van der Waals surface area contributed by atoms with Crippen LogP contribution in [-0.2, 0) is 0 Å². The van der Waals surface area contributed by atoms with Crippen LogP contribution in [0.2, 0.25) is 10.0 Å². The number of hydrogen-bond donors (Lipinski definition) is 0. The number of benzene rings is 1. The molecule has 1 aromatic carbocycles. The van der Waals surface area contributed by atoms with Gasteiger partial charge in [-0.25, -0.2) is 0 Å². The first-order valence-corrected chi connectivity index (χ1v) is 8.64. The molecule has 0 atom stereocenters. The third kappa shape index (κ3) is 3.99. The smallest absolute Gasteiger partial charge is 0.261 e. The molecule has 1 aliphatic carbocycles. The van der Waals surface area contributed by atoms with Gasteiger partial charge < -0.3 is 14.4 Å². The van der Waals surface area contributed by atoms with Gasteiger partial charge in [-0.2, -0.15) is 0 Å². The van der Waals surface area contributed by atoms with Crippen molar-refractivity contribution in [2.75, 3.05) is 25.7 Å². The number of halogens is 2. The summed E-state index contributed by atoms with van der Waals surface area (Å²) in [4.78, 5) is 18.1. The first-order chi connectivity index (χ1) is 12.0. The van der Waals surface area contributed by atoms with Crippen molar-refractivity contribution in [1.82, 2.24) is 4.98 Å². The third-order valence-electron chi connectivity index (χ3n) is 4.08. The molecule has 1 aliphatic rings. The van der Waals surface area contributed by atoms with E-state index in [9.17, 15) is 4.79 Å². The summed E-state index contributed by atoms with van der Waals surface area (Å²) in [7, 11) is 3.24. The zero-order valence-electron chi connectivity index (χ0n) is 14.0. The summed E-state index contributed by atoms with van der Waals surface area (Å²) in [5, 5.41) is 0.422. The van der Waals surface area contributed by atoms with Gasteiger partial charge in [-0.05, 0) is 30.9 Å². The summed E-state index contributed by atoms with van der Waals surface area (Å²) < 4.78 is 11.2. The highest BCUT2D eigenvalue weighted by Gasteiger charge is 2.24. The van der Waals surface area contributed by atoms with Crippen LogP contribution < -0.4 is 14.4 Å². The maximum atomic E-state index is 12.8. The SMILES string of the molecule is COc1ccc(N(C)C(=O)c2c(Cl)cncc2Cl)cc1OCC1CC1. The number of rotatable bonds is 6. The lowest BCUT2D eigenvalue weighted by Crippen LogP contribution is -2.27. The molecule has 7 heteroatoms. The number of methoxy groups -OCH3 is 1. The maximum Gasteiger partial charge on any atom is 0.261 e. The summed E-state index contributed by atoms with van der Waals surface area (Å²) in [6.45, 7) is 0.652. The summed E-state index contributed by atoms with van der Waals surface area (Å²) in [5.41, 5.74) is 0.873. The Morgan fingerprint density at radius 1 is 1.24 bits per heavy atom. The Labute approximate surface area is 156 Å². The van der Waals surface area contributed by atoms with Crippen LogP contribution in [0.3, 0.4) is 0 Å². The van der Waals surface area contributed by atoms with Crippen molar-refractivity contribution in [3.05, 3.63) is 46.2 Å². The van der Waals surface area contributed by atoms with E-state index in [1.165, 1.54) is 30.1 Å². The lowest BCUT2D eigenvalue weighted by Gasteiger charge is -2.20. The minimum atomic E-state index is -0.323. The summed E-state index contributed by atoms with van der Waals surface area (Å²) in [5.74, 6) is 1.53. The first-order valence-electron chi connectivity index (χ1n) is 7.89. The van der Waals surface area contributed by atoms with Crippen molar-refractivity contribution >= 4 is 34.8 Å². The molecule has 132 valence electrons. The van der Waals surface area contributed by atoms with E-state index >= 15 is 0 Å². The molecule has 0 radical (unpaired) electrons. The van der Waals surface area contributed by atoms with E-state index in [0.717, 1.165) is 0 Å². The molecule has 2 aromatic rings. The zero-order chi connectivity index (χ0) is 18.0. The standard InChI is InChI=1S/C18H18Cl2N2O3/c1-22(18(23)17-13(19)8-21-9-14(17)20)12-5-6-15(24-2)16(7-12)25-10-11-3-4-11/h5-9,11H,3-4,10H2,1-2H3. The van der Waals surface area contributed by atoms with Crippen molar-refractivity contribution in [3.8, 4) is 11.5 Å². The average molecular weight is 381 g/mol. The van der Waals surface area contributed by atoms with Gasteiger partial charge in [0.05, 0.1) is 29.3 Å². The van der Waals surface area contributed by atoms with E-state index in [1.54, 1.807) is 32.4 Å². The zero-order valence-corrected chi connectivity index (χ0v) is 15.5. The molecule has 0 unspecified atom stereocenters. The van der Waals surface area contributed by atoms with E-state index in [1.807, 2.05) is 0 Å². The minimum absolute atomic E-state index is 0.211. The molecule has 1 saturated carbocycles. The second kappa shape index (κ2) is 7.50. The fourth-order valence-corrected chi connectivity index (χ4v) is 2.91. The van der Waals surface area contributed by atoms with E-state index in [4.69, 9.17) is 32.7 Å². The Bertz CT molecular complexity index is 774. The number of amides is 1. The molecular formula is C18H18Cl2N2O3. The topological polar surface area (TPSA) is 51.7 Å². The van der Waals surface area contributed by atoms with Crippen LogP contribution in [0.5, 0.6) is 11.5 Å². The van der Waals surface area contributed by atoms with E-state index < -0.39 is 0 Å². The Hall–Kier alpha value is -1.98. The number of hydrogen-bond acceptors (Lipinski definition) is 4. The normalized spacial score (nSPS) is 13.4. The quantitative estimate of drug-likeness (QED) is 0.741. The third-order valence-corrected chi connectivity index (χ3v) is 4.65. The number of nitrogens with zero attached hydrogens (tertiary/aromatic N) is 2. The highest BCUT2D eigenvalue weighted by Crippen LogP contribution is 2.35. The highest BCUT2D eigenvalue weighted by molar-refractivity contribution is 6.40. The highest BCUT2D eigenvalue weighted by atomic mass is 35.5. The van der Waals surface area contributed by atoms with Gasteiger partial charge in [0.15, 0.2) is 11.5 Å². The Morgan fingerprint density at radius 3 is 2.52 bits per heavy atom. The molecule has 0 N–H and O–H groups in total. The minimum Gasteiger partial charge on any atom is -0.493 e. The molecule has 3 rings (SSSR count). The molecule has 1 aromatic heterocycles. The van der Waals surface area contributed by atoms with Gasteiger partial charge in [0, 0.05) is 31.2 Å². The van der Waals surface area contributed by atoms with E-state index in [2.05, 4.69) is 4.98 Å². The van der Waals surface area contributed by atoms with E-state index in [-0.39, 0.29) is 21.5 Å². The fourth-order valence-electron chi connectivity index (χ4n) is 2.38. The number of carbonyl (C=O) groups is 1. The molecule has 1 heterocycles. The van der Waals surface area contributed by atoms with Gasteiger partial charge in [-0.3, -0.25) is 9.78 Å².